The summed E-state index contributed by atoms with van der Waals surface area (Å²) in [5.41, 5.74) is 1.10. The predicted molar refractivity (Wildman–Crippen MR) is 95.0 cm³/mol. The van der Waals surface area contributed by atoms with Crippen LogP contribution in [0.25, 0.3) is 0 Å². The van der Waals surface area contributed by atoms with Crippen LogP contribution in [0.1, 0.15) is 34.6 Å². The molecular formula is C18H19ClN2O3. The molecule has 0 aromatic heterocycles. The van der Waals surface area contributed by atoms with Crippen molar-refractivity contribution in [2.45, 2.75) is 19.9 Å². The first-order valence-corrected chi connectivity index (χ1v) is 7.85. The highest BCUT2D eigenvalue weighted by Gasteiger charge is 2.17. The Hall–Kier alpha value is -2.53. The summed E-state index contributed by atoms with van der Waals surface area (Å²) in [6, 6.07) is 11.6. The van der Waals surface area contributed by atoms with Crippen molar-refractivity contribution in [2.75, 3.05) is 12.4 Å². The highest BCUT2D eigenvalue weighted by molar-refractivity contribution is 6.31. The molecule has 0 aliphatic carbocycles. The average molecular weight is 347 g/mol. The van der Waals surface area contributed by atoms with Gasteiger partial charge >= 0.3 is 0 Å². The summed E-state index contributed by atoms with van der Waals surface area (Å²) in [6.45, 7) is 3.74. The van der Waals surface area contributed by atoms with Gasteiger partial charge in [-0.25, -0.2) is 0 Å². The van der Waals surface area contributed by atoms with E-state index in [1.165, 1.54) is 13.2 Å². The second kappa shape index (κ2) is 7.84. The Labute approximate surface area is 146 Å². The van der Waals surface area contributed by atoms with Gasteiger partial charge in [-0.15, -0.1) is 0 Å². The molecule has 24 heavy (non-hydrogen) atoms. The molecule has 2 aromatic rings. The van der Waals surface area contributed by atoms with Gasteiger partial charge in [0.2, 0.25) is 0 Å². The van der Waals surface area contributed by atoms with Crippen molar-refractivity contribution >= 4 is 29.1 Å². The SMILES string of the molecule is COc1ccc(Cl)cc1C(=O)Nc1ccccc1C(=O)NC(C)C. The van der Waals surface area contributed by atoms with Crippen LogP contribution in [0.2, 0.25) is 5.02 Å². The number of rotatable bonds is 5. The molecule has 0 radical (unpaired) electrons. The van der Waals surface area contributed by atoms with E-state index in [1.807, 2.05) is 13.8 Å². The topological polar surface area (TPSA) is 67.4 Å². The van der Waals surface area contributed by atoms with Gasteiger partial charge in [-0.05, 0) is 44.2 Å². The predicted octanol–water partition coefficient (Wildman–Crippen LogP) is 3.74. The van der Waals surface area contributed by atoms with E-state index < -0.39 is 5.91 Å². The van der Waals surface area contributed by atoms with Crippen LogP contribution in [0.3, 0.4) is 0 Å². The van der Waals surface area contributed by atoms with Gasteiger partial charge < -0.3 is 15.4 Å². The minimum Gasteiger partial charge on any atom is -0.496 e. The molecule has 0 unspecified atom stereocenters. The molecule has 6 heteroatoms. The zero-order chi connectivity index (χ0) is 17.7. The lowest BCUT2D eigenvalue weighted by Crippen LogP contribution is -2.31. The van der Waals surface area contributed by atoms with Gasteiger partial charge in [-0.3, -0.25) is 9.59 Å². The van der Waals surface area contributed by atoms with E-state index in [-0.39, 0.29) is 11.9 Å². The van der Waals surface area contributed by atoms with Gasteiger partial charge in [0.1, 0.15) is 5.75 Å². The van der Waals surface area contributed by atoms with Crippen molar-refractivity contribution in [3.63, 3.8) is 0 Å². The van der Waals surface area contributed by atoms with E-state index in [0.717, 1.165) is 0 Å². The van der Waals surface area contributed by atoms with Crippen molar-refractivity contribution in [1.29, 1.82) is 0 Å². The lowest BCUT2D eigenvalue weighted by Gasteiger charge is -2.14. The number of methoxy groups -OCH3 is 1. The minimum atomic E-state index is -0.404. The maximum absolute atomic E-state index is 12.6. The molecule has 2 amide bonds. The summed E-state index contributed by atoms with van der Waals surface area (Å²) in [6.07, 6.45) is 0. The van der Waals surface area contributed by atoms with Gasteiger partial charge in [0.05, 0.1) is 23.9 Å². The fourth-order valence-corrected chi connectivity index (χ4v) is 2.35. The number of hydrogen-bond donors (Lipinski definition) is 2. The second-order valence-electron chi connectivity index (χ2n) is 5.47. The summed E-state index contributed by atoms with van der Waals surface area (Å²) in [4.78, 5) is 24.8. The summed E-state index contributed by atoms with van der Waals surface area (Å²) in [5, 5.41) is 5.98. The van der Waals surface area contributed by atoms with Crippen LogP contribution in [0.15, 0.2) is 42.5 Å². The van der Waals surface area contributed by atoms with Crippen molar-refractivity contribution in [3.8, 4) is 5.75 Å². The monoisotopic (exact) mass is 346 g/mol. The zero-order valence-electron chi connectivity index (χ0n) is 13.7. The van der Waals surface area contributed by atoms with Crippen molar-refractivity contribution in [2.24, 2.45) is 0 Å². The number of benzene rings is 2. The normalized spacial score (nSPS) is 10.4. The number of hydrogen-bond acceptors (Lipinski definition) is 3. The highest BCUT2D eigenvalue weighted by Crippen LogP contribution is 2.24. The first-order valence-electron chi connectivity index (χ1n) is 7.47. The van der Waals surface area contributed by atoms with E-state index in [0.29, 0.717) is 27.6 Å². The number of amides is 2. The van der Waals surface area contributed by atoms with E-state index in [9.17, 15) is 9.59 Å². The number of nitrogens with one attached hydrogen (secondary N) is 2. The summed E-state index contributed by atoms with van der Waals surface area (Å²) < 4.78 is 5.19. The molecule has 126 valence electrons. The van der Waals surface area contributed by atoms with Gasteiger partial charge in [-0.1, -0.05) is 23.7 Å². The quantitative estimate of drug-likeness (QED) is 0.866. The fraction of sp³-hybridized carbons (Fsp3) is 0.222. The second-order valence-corrected chi connectivity index (χ2v) is 5.91. The lowest BCUT2D eigenvalue weighted by atomic mass is 10.1. The Morgan fingerprint density at radius 1 is 1.04 bits per heavy atom. The Morgan fingerprint density at radius 2 is 1.75 bits per heavy atom. The highest BCUT2D eigenvalue weighted by atomic mass is 35.5. The van der Waals surface area contributed by atoms with E-state index in [1.54, 1.807) is 36.4 Å². The molecule has 2 aromatic carbocycles. The first-order chi connectivity index (χ1) is 11.4. The van der Waals surface area contributed by atoms with Crippen molar-refractivity contribution < 1.29 is 14.3 Å². The Morgan fingerprint density at radius 3 is 2.42 bits per heavy atom. The molecule has 0 heterocycles. The molecule has 0 saturated heterocycles. The molecule has 5 nitrogen and oxygen atoms in total. The van der Waals surface area contributed by atoms with Gasteiger partial charge in [0.15, 0.2) is 0 Å². The Bertz CT molecular complexity index is 760. The molecule has 2 N–H and O–H groups in total. The molecule has 0 fully saturated rings. The number of para-hydroxylation sites is 1. The number of ether oxygens (including phenoxy) is 1. The summed E-state index contributed by atoms with van der Waals surface area (Å²) >= 11 is 5.96. The van der Waals surface area contributed by atoms with Crippen LogP contribution in [0, 0.1) is 0 Å². The van der Waals surface area contributed by atoms with Crippen LogP contribution >= 0.6 is 11.6 Å². The largest absolute Gasteiger partial charge is 0.496 e. The average Bonchev–Trinajstić information content (AvgIpc) is 2.54. The van der Waals surface area contributed by atoms with E-state index in [2.05, 4.69) is 10.6 Å². The molecule has 0 saturated carbocycles. The zero-order valence-corrected chi connectivity index (χ0v) is 14.5. The molecular weight excluding hydrogens is 328 g/mol. The first kappa shape index (κ1) is 17.8. The van der Waals surface area contributed by atoms with Crippen molar-refractivity contribution in [3.05, 3.63) is 58.6 Å². The van der Waals surface area contributed by atoms with Crippen molar-refractivity contribution in [1.82, 2.24) is 5.32 Å². The Balaban J connectivity index is 2.30. The third-order valence-corrected chi connectivity index (χ3v) is 3.48. The summed E-state index contributed by atoms with van der Waals surface area (Å²) in [7, 11) is 1.48. The van der Waals surface area contributed by atoms with Gasteiger partial charge in [0.25, 0.3) is 11.8 Å². The van der Waals surface area contributed by atoms with Crippen LogP contribution in [0.5, 0.6) is 5.75 Å². The van der Waals surface area contributed by atoms with Crippen LogP contribution in [-0.2, 0) is 0 Å². The summed E-state index contributed by atoms with van der Waals surface area (Å²) in [5.74, 6) is -0.251. The lowest BCUT2D eigenvalue weighted by molar-refractivity contribution is 0.0944. The van der Waals surface area contributed by atoms with Crippen LogP contribution in [-0.4, -0.2) is 25.0 Å². The fourth-order valence-electron chi connectivity index (χ4n) is 2.18. The number of anilines is 1. The van der Waals surface area contributed by atoms with E-state index in [4.69, 9.17) is 16.3 Å². The van der Waals surface area contributed by atoms with Gasteiger partial charge in [-0.2, -0.15) is 0 Å². The minimum absolute atomic E-state index is 0.00529. The molecule has 0 aliphatic heterocycles. The number of carbonyl (C=O) groups excluding carboxylic acids is 2. The number of halogens is 1. The van der Waals surface area contributed by atoms with Crippen LogP contribution < -0.4 is 15.4 Å². The number of carbonyl (C=O) groups is 2. The molecule has 0 atom stereocenters. The molecule has 2 rings (SSSR count). The van der Waals surface area contributed by atoms with Crippen LogP contribution in [0.4, 0.5) is 5.69 Å². The third-order valence-electron chi connectivity index (χ3n) is 3.25. The van der Waals surface area contributed by atoms with Gasteiger partial charge in [0, 0.05) is 11.1 Å². The molecule has 0 aliphatic rings. The molecule has 0 bridgehead atoms. The molecule has 0 spiro atoms. The maximum atomic E-state index is 12.6. The van der Waals surface area contributed by atoms with E-state index >= 15 is 0 Å². The Kier molecular flexibility index (Phi) is 5.82. The standard InChI is InChI=1S/C18H19ClN2O3/c1-11(2)20-17(22)13-6-4-5-7-15(13)21-18(23)14-10-12(19)8-9-16(14)24-3/h4-11H,1-3H3,(H,20,22)(H,21,23). The third kappa shape index (κ3) is 4.26. The maximum Gasteiger partial charge on any atom is 0.259 e. The smallest absolute Gasteiger partial charge is 0.259 e.